The van der Waals surface area contributed by atoms with E-state index in [2.05, 4.69) is 24.9 Å². The minimum atomic E-state index is -0.566. The first kappa shape index (κ1) is 20.4. The summed E-state index contributed by atoms with van der Waals surface area (Å²) in [6.45, 7) is 1.90. The van der Waals surface area contributed by atoms with Crippen LogP contribution in [0.3, 0.4) is 0 Å². The molecule has 8 nitrogen and oxygen atoms in total. The van der Waals surface area contributed by atoms with Gasteiger partial charge in [-0.05, 0) is 30.3 Å². The number of nitrogen functional groups attached to an aromatic ring is 1. The SMILES string of the molecule is CCc1nc2cccc(F)c2c(=O)n1-c1cccc(Cl)c1.Nc1ncnc2nc[nH]c12. The zero-order valence-electron chi connectivity index (χ0n) is 16.4. The lowest BCUT2D eigenvalue weighted by atomic mass is 10.2. The number of nitrogens with two attached hydrogens (primary N) is 1. The van der Waals surface area contributed by atoms with Crippen molar-refractivity contribution in [2.24, 2.45) is 0 Å². The Kier molecular flexibility index (Phi) is 5.59. The van der Waals surface area contributed by atoms with Crippen LogP contribution in [0.15, 0.2) is 59.9 Å². The minimum Gasteiger partial charge on any atom is -0.382 e. The highest BCUT2D eigenvalue weighted by Gasteiger charge is 2.14. The molecule has 0 spiro atoms. The van der Waals surface area contributed by atoms with Crippen molar-refractivity contribution < 1.29 is 4.39 Å². The van der Waals surface area contributed by atoms with Crippen LogP contribution in [0.25, 0.3) is 27.8 Å². The van der Waals surface area contributed by atoms with Crippen LogP contribution in [0.2, 0.25) is 5.02 Å². The van der Waals surface area contributed by atoms with Crippen LogP contribution in [0.4, 0.5) is 10.2 Å². The third-order valence-corrected chi connectivity index (χ3v) is 4.79. The Morgan fingerprint density at radius 1 is 1.16 bits per heavy atom. The summed E-state index contributed by atoms with van der Waals surface area (Å²) in [5.74, 6) is 0.436. The molecule has 5 rings (SSSR count). The molecule has 0 aliphatic heterocycles. The monoisotopic (exact) mass is 437 g/mol. The molecular weight excluding hydrogens is 421 g/mol. The van der Waals surface area contributed by atoms with Gasteiger partial charge in [0.15, 0.2) is 11.5 Å². The Labute approximate surface area is 180 Å². The quantitative estimate of drug-likeness (QED) is 0.435. The van der Waals surface area contributed by atoms with Gasteiger partial charge in [0.25, 0.3) is 5.56 Å². The first-order valence-electron chi connectivity index (χ1n) is 9.35. The summed E-state index contributed by atoms with van der Waals surface area (Å²) in [6, 6.07) is 11.3. The summed E-state index contributed by atoms with van der Waals surface area (Å²) in [5, 5.41) is 0.504. The highest BCUT2D eigenvalue weighted by atomic mass is 35.5. The molecule has 0 bridgehead atoms. The van der Waals surface area contributed by atoms with E-state index in [0.717, 1.165) is 0 Å². The number of aromatic amines is 1. The number of aromatic nitrogens is 6. The van der Waals surface area contributed by atoms with Gasteiger partial charge in [-0.25, -0.2) is 24.3 Å². The molecule has 10 heteroatoms. The van der Waals surface area contributed by atoms with Gasteiger partial charge in [-0.2, -0.15) is 0 Å². The molecule has 5 aromatic rings. The molecule has 0 aliphatic rings. The standard InChI is InChI=1S/C16H12ClFN2O.C5H5N5/c1-2-14-19-13-8-4-7-12(18)15(13)16(21)20(14)11-6-3-5-10(17)9-11;6-4-3-5(9-1-7-3)10-2-8-4/h3-9H,2H2,1H3;1-2H,(H3,6,7,8,9,10). The average molecular weight is 438 g/mol. The van der Waals surface area contributed by atoms with Gasteiger partial charge in [-0.15, -0.1) is 0 Å². The molecule has 0 radical (unpaired) electrons. The summed E-state index contributed by atoms with van der Waals surface area (Å²) in [4.78, 5) is 31.4. The molecular formula is C21H17ClFN7O. The van der Waals surface area contributed by atoms with Gasteiger partial charge in [0.1, 0.15) is 28.9 Å². The molecule has 3 aromatic heterocycles. The van der Waals surface area contributed by atoms with E-state index in [1.54, 1.807) is 36.4 Å². The predicted molar refractivity (Wildman–Crippen MR) is 118 cm³/mol. The molecule has 31 heavy (non-hydrogen) atoms. The smallest absolute Gasteiger partial charge is 0.268 e. The fourth-order valence-electron chi connectivity index (χ4n) is 3.14. The summed E-state index contributed by atoms with van der Waals surface area (Å²) < 4.78 is 15.4. The van der Waals surface area contributed by atoms with Gasteiger partial charge in [0.05, 0.1) is 17.5 Å². The summed E-state index contributed by atoms with van der Waals surface area (Å²) in [7, 11) is 0. The molecule has 0 fully saturated rings. The number of halogens is 2. The molecule has 2 aromatic carbocycles. The number of imidazole rings is 1. The molecule has 0 amide bonds. The topological polar surface area (TPSA) is 115 Å². The fraction of sp³-hybridized carbons (Fsp3) is 0.0952. The van der Waals surface area contributed by atoms with Crippen LogP contribution in [0.1, 0.15) is 12.7 Å². The first-order valence-corrected chi connectivity index (χ1v) is 9.73. The van der Waals surface area contributed by atoms with E-state index in [-0.39, 0.29) is 5.39 Å². The van der Waals surface area contributed by atoms with Crippen molar-refractivity contribution in [3.63, 3.8) is 0 Å². The number of nitrogens with zero attached hydrogens (tertiary/aromatic N) is 5. The number of hydrogen-bond acceptors (Lipinski definition) is 6. The van der Waals surface area contributed by atoms with Crippen LogP contribution in [0, 0.1) is 5.82 Å². The number of nitrogens with one attached hydrogen (secondary N) is 1. The number of anilines is 1. The van der Waals surface area contributed by atoms with Crippen molar-refractivity contribution in [3.05, 3.63) is 82.1 Å². The van der Waals surface area contributed by atoms with E-state index in [9.17, 15) is 9.18 Å². The fourth-order valence-corrected chi connectivity index (χ4v) is 3.32. The van der Waals surface area contributed by atoms with Crippen LogP contribution >= 0.6 is 11.6 Å². The van der Waals surface area contributed by atoms with E-state index in [1.807, 2.05) is 6.92 Å². The highest BCUT2D eigenvalue weighted by Crippen LogP contribution is 2.18. The highest BCUT2D eigenvalue weighted by molar-refractivity contribution is 6.30. The van der Waals surface area contributed by atoms with Crippen molar-refractivity contribution in [1.82, 2.24) is 29.5 Å². The number of fused-ring (bicyclic) bond motifs is 2. The van der Waals surface area contributed by atoms with Crippen molar-refractivity contribution >= 4 is 39.5 Å². The lowest BCUT2D eigenvalue weighted by Crippen LogP contribution is -2.24. The molecule has 0 aliphatic carbocycles. The third kappa shape index (κ3) is 3.95. The van der Waals surface area contributed by atoms with Crippen molar-refractivity contribution in [2.45, 2.75) is 13.3 Å². The van der Waals surface area contributed by atoms with Crippen molar-refractivity contribution in [2.75, 3.05) is 5.73 Å². The van der Waals surface area contributed by atoms with Crippen LogP contribution < -0.4 is 11.3 Å². The number of hydrogen-bond donors (Lipinski definition) is 2. The zero-order valence-corrected chi connectivity index (χ0v) is 17.1. The Hall–Kier alpha value is -3.85. The zero-order chi connectivity index (χ0) is 22.0. The first-order chi connectivity index (χ1) is 15.0. The Morgan fingerprint density at radius 3 is 2.71 bits per heavy atom. The Bertz CT molecular complexity index is 1450. The largest absolute Gasteiger partial charge is 0.382 e. The molecule has 0 saturated heterocycles. The number of aryl methyl sites for hydroxylation is 1. The van der Waals surface area contributed by atoms with Gasteiger partial charge in [-0.3, -0.25) is 9.36 Å². The maximum Gasteiger partial charge on any atom is 0.268 e. The van der Waals surface area contributed by atoms with E-state index < -0.39 is 11.4 Å². The van der Waals surface area contributed by atoms with Gasteiger partial charge >= 0.3 is 0 Å². The van der Waals surface area contributed by atoms with E-state index in [0.29, 0.717) is 45.5 Å². The molecule has 3 N–H and O–H groups in total. The van der Waals surface area contributed by atoms with Gasteiger partial charge in [0.2, 0.25) is 0 Å². The lowest BCUT2D eigenvalue weighted by Gasteiger charge is -2.13. The second kappa shape index (κ2) is 8.49. The summed E-state index contributed by atoms with van der Waals surface area (Å²) in [6.07, 6.45) is 3.47. The minimum absolute atomic E-state index is 0.00493. The van der Waals surface area contributed by atoms with Crippen LogP contribution in [-0.2, 0) is 6.42 Å². The average Bonchev–Trinajstić information content (AvgIpc) is 3.24. The van der Waals surface area contributed by atoms with Gasteiger partial charge in [-0.1, -0.05) is 30.7 Å². The van der Waals surface area contributed by atoms with Gasteiger partial charge < -0.3 is 10.7 Å². The van der Waals surface area contributed by atoms with E-state index >= 15 is 0 Å². The molecule has 3 heterocycles. The van der Waals surface area contributed by atoms with Crippen molar-refractivity contribution in [3.8, 4) is 5.69 Å². The van der Waals surface area contributed by atoms with E-state index in [1.165, 1.54) is 23.3 Å². The predicted octanol–water partition coefficient (Wildman–Crippen LogP) is 3.68. The normalized spacial score (nSPS) is 10.8. The summed E-state index contributed by atoms with van der Waals surface area (Å²) >= 11 is 5.98. The van der Waals surface area contributed by atoms with Gasteiger partial charge in [0, 0.05) is 11.4 Å². The Balaban J connectivity index is 0.000000192. The lowest BCUT2D eigenvalue weighted by molar-refractivity contribution is 0.636. The molecule has 0 atom stereocenters. The van der Waals surface area contributed by atoms with Crippen LogP contribution in [-0.4, -0.2) is 29.5 Å². The maximum absolute atomic E-state index is 14.0. The number of H-pyrrole nitrogens is 1. The maximum atomic E-state index is 14.0. The second-order valence-corrected chi connectivity index (χ2v) is 6.93. The third-order valence-electron chi connectivity index (χ3n) is 4.55. The number of benzene rings is 2. The molecule has 0 unspecified atom stereocenters. The molecule has 0 saturated carbocycles. The molecule has 156 valence electrons. The Morgan fingerprint density at radius 2 is 1.97 bits per heavy atom. The van der Waals surface area contributed by atoms with E-state index in [4.69, 9.17) is 17.3 Å². The number of rotatable bonds is 2. The summed E-state index contributed by atoms with van der Waals surface area (Å²) in [5.41, 5.74) is 7.32. The van der Waals surface area contributed by atoms with Crippen molar-refractivity contribution in [1.29, 1.82) is 0 Å². The van der Waals surface area contributed by atoms with Crippen LogP contribution in [0.5, 0.6) is 0 Å². The second-order valence-electron chi connectivity index (χ2n) is 6.50.